The van der Waals surface area contributed by atoms with E-state index in [1.807, 2.05) is 6.92 Å². The van der Waals surface area contributed by atoms with Crippen LogP contribution in [-0.2, 0) is 9.53 Å². The summed E-state index contributed by atoms with van der Waals surface area (Å²) in [7, 11) is 0. The van der Waals surface area contributed by atoms with Gasteiger partial charge in [0.15, 0.2) is 0 Å². The molecule has 2 N–H and O–H groups in total. The molecule has 0 atom stereocenters. The number of aliphatic carboxylic acids is 1. The number of rotatable bonds is 5. The fraction of sp³-hybridized carbons (Fsp3) is 0.462. The molecule has 4 nitrogen and oxygen atoms in total. The highest BCUT2D eigenvalue weighted by Gasteiger charge is 2.51. The molecule has 1 aliphatic rings. The van der Waals surface area contributed by atoms with Crippen molar-refractivity contribution < 1.29 is 14.6 Å². The van der Waals surface area contributed by atoms with Crippen LogP contribution in [-0.4, -0.2) is 29.3 Å². The molecular weight excluding hydrogens is 254 g/mol. The number of halogens is 1. The number of carbonyl (C=O) groups is 1. The van der Waals surface area contributed by atoms with Crippen LogP contribution in [0.3, 0.4) is 0 Å². The average molecular weight is 270 g/mol. The Morgan fingerprint density at radius 3 is 2.61 bits per heavy atom. The first-order valence-electron chi connectivity index (χ1n) is 5.94. The van der Waals surface area contributed by atoms with E-state index in [2.05, 4.69) is 5.32 Å². The highest BCUT2D eigenvalue weighted by atomic mass is 35.5. The molecule has 1 aliphatic carbocycles. The first kappa shape index (κ1) is 13.2. The molecule has 18 heavy (non-hydrogen) atoms. The Kier molecular flexibility index (Phi) is 3.78. The van der Waals surface area contributed by atoms with E-state index >= 15 is 0 Å². The van der Waals surface area contributed by atoms with Crippen LogP contribution < -0.4 is 5.32 Å². The largest absolute Gasteiger partial charge is 0.480 e. The maximum absolute atomic E-state index is 11.4. The molecule has 1 aromatic rings. The summed E-state index contributed by atoms with van der Waals surface area (Å²) in [6.45, 7) is 2.52. The van der Waals surface area contributed by atoms with Crippen LogP contribution in [0.25, 0.3) is 0 Å². The topological polar surface area (TPSA) is 58.6 Å². The highest BCUT2D eigenvalue weighted by Crippen LogP contribution is 2.38. The van der Waals surface area contributed by atoms with E-state index in [1.54, 1.807) is 24.3 Å². The molecule has 2 rings (SSSR count). The monoisotopic (exact) mass is 269 g/mol. The molecule has 0 amide bonds. The normalized spacial score (nSPS) is 26.4. The molecule has 98 valence electrons. The number of ether oxygens (including phenoxy) is 1. The summed E-state index contributed by atoms with van der Waals surface area (Å²) in [4.78, 5) is 11.4. The molecule has 1 fully saturated rings. The number of benzene rings is 1. The molecule has 1 saturated carbocycles. The van der Waals surface area contributed by atoms with Gasteiger partial charge in [-0.25, -0.2) is 4.79 Å². The molecule has 0 unspecified atom stereocenters. The molecule has 0 radical (unpaired) electrons. The molecule has 1 aromatic carbocycles. The Morgan fingerprint density at radius 1 is 1.50 bits per heavy atom. The molecule has 0 aliphatic heterocycles. The summed E-state index contributed by atoms with van der Waals surface area (Å²) in [5, 5.41) is 13.0. The fourth-order valence-electron chi connectivity index (χ4n) is 2.21. The fourth-order valence-corrected chi connectivity index (χ4v) is 2.34. The van der Waals surface area contributed by atoms with Gasteiger partial charge in [0.05, 0.1) is 6.10 Å². The van der Waals surface area contributed by atoms with E-state index in [4.69, 9.17) is 16.3 Å². The second-order valence-electron chi connectivity index (χ2n) is 4.50. The zero-order valence-corrected chi connectivity index (χ0v) is 10.9. The zero-order valence-electron chi connectivity index (χ0n) is 10.1. The minimum Gasteiger partial charge on any atom is -0.480 e. The molecular formula is C13H16ClNO3. The minimum atomic E-state index is -0.909. The van der Waals surface area contributed by atoms with Gasteiger partial charge >= 0.3 is 5.97 Å². The van der Waals surface area contributed by atoms with E-state index in [0.717, 1.165) is 5.69 Å². The van der Waals surface area contributed by atoms with Gasteiger partial charge in [-0.1, -0.05) is 11.6 Å². The van der Waals surface area contributed by atoms with Crippen LogP contribution in [0.4, 0.5) is 5.69 Å². The van der Waals surface area contributed by atoms with Crippen molar-refractivity contribution in [3.63, 3.8) is 0 Å². The van der Waals surface area contributed by atoms with Gasteiger partial charge < -0.3 is 15.2 Å². The third kappa shape index (κ3) is 2.60. The van der Waals surface area contributed by atoms with Crippen molar-refractivity contribution in [2.45, 2.75) is 31.4 Å². The number of nitrogens with one attached hydrogen (secondary N) is 1. The van der Waals surface area contributed by atoms with Gasteiger partial charge in [-0.05, 0) is 31.2 Å². The summed E-state index contributed by atoms with van der Waals surface area (Å²) < 4.78 is 5.42. The Labute approximate surface area is 111 Å². The van der Waals surface area contributed by atoms with Crippen molar-refractivity contribution in [2.75, 3.05) is 11.9 Å². The van der Waals surface area contributed by atoms with E-state index < -0.39 is 11.5 Å². The molecule has 0 aromatic heterocycles. The van der Waals surface area contributed by atoms with Crippen molar-refractivity contribution >= 4 is 23.3 Å². The summed E-state index contributed by atoms with van der Waals surface area (Å²) in [5.41, 5.74) is -0.148. The summed E-state index contributed by atoms with van der Waals surface area (Å²) >= 11 is 5.79. The lowest BCUT2D eigenvalue weighted by atomic mass is 9.74. The molecule has 0 spiro atoms. The lowest BCUT2D eigenvalue weighted by Crippen LogP contribution is -2.59. The maximum Gasteiger partial charge on any atom is 0.329 e. The highest BCUT2D eigenvalue weighted by molar-refractivity contribution is 6.30. The second-order valence-corrected chi connectivity index (χ2v) is 4.94. The maximum atomic E-state index is 11.4. The van der Waals surface area contributed by atoms with Crippen LogP contribution in [0.2, 0.25) is 5.02 Å². The Morgan fingerprint density at radius 2 is 2.11 bits per heavy atom. The molecule has 0 heterocycles. The number of anilines is 1. The van der Waals surface area contributed by atoms with Gasteiger partial charge in [-0.15, -0.1) is 0 Å². The third-order valence-electron chi connectivity index (χ3n) is 3.19. The van der Waals surface area contributed by atoms with Gasteiger partial charge in [0.25, 0.3) is 0 Å². The number of hydrogen-bond acceptors (Lipinski definition) is 3. The van der Waals surface area contributed by atoms with Crippen molar-refractivity contribution in [1.29, 1.82) is 0 Å². The predicted molar refractivity (Wildman–Crippen MR) is 70.1 cm³/mol. The van der Waals surface area contributed by atoms with Gasteiger partial charge in [0.2, 0.25) is 0 Å². The standard InChI is InChI=1S/C13H16ClNO3/c1-2-18-11-7-13(8-11,12(16)17)15-10-5-3-9(14)4-6-10/h3-6,11,15H,2,7-8H2,1H3,(H,16,17). The van der Waals surface area contributed by atoms with Crippen molar-refractivity contribution in [1.82, 2.24) is 0 Å². The number of carboxylic acids is 1. The SMILES string of the molecule is CCOC1CC(Nc2ccc(Cl)cc2)(C(=O)O)C1. The number of carboxylic acid groups (broad SMARTS) is 1. The Hall–Kier alpha value is -1.26. The van der Waals surface area contributed by atoms with Crippen molar-refractivity contribution in [3.8, 4) is 0 Å². The zero-order chi connectivity index (χ0) is 13.2. The minimum absolute atomic E-state index is 0.0332. The predicted octanol–water partition coefficient (Wildman–Crippen LogP) is 2.77. The second kappa shape index (κ2) is 5.16. The molecule has 0 saturated heterocycles. The van der Waals surface area contributed by atoms with E-state index in [9.17, 15) is 9.90 Å². The summed E-state index contributed by atoms with van der Waals surface area (Å²) in [5.74, 6) is -0.839. The van der Waals surface area contributed by atoms with Crippen molar-refractivity contribution in [2.24, 2.45) is 0 Å². The lowest BCUT2D eigenvalue weighted by Gasteiger charge is -2.44. The first-order chi connectivity index (χ1) is 8.55. The molecule has 5 heteroatoms. The Balaban J connectivity index is 2.05. The summed E-state index contributed by atoms with van der Waals surface area (Å²) in [6.07, 6.45) is 1.00. The van der Waals surface area contributed by atoms with Gasteiger partial charge in [0, 0.05) is 30.2 Å². The average Bonchev–Trinajstić information content (AvgIpc) is 2.28. The molecule has 0 bridgehead atoms. The van der Waals surface area contributed by atoms with Crippen LogP contribution in [0.15, 0.2) is 24.3 Å². The van der Waals surface area contributed by atoms with Crippen LogP contribution >= 0.6 is 11.6 Å². The third-order valence-corrected chi connectivity index (χ3v) is 3.44. The van der Waals surface area contributed by atoms with E-state index in [-0.39, 0.29) is 6.10 Å². The first-order valence-corrected chi connectivity index (χ1v) is 6.32. The smallest absolute Gasteiger partial charge is 0.329 e. The van der Waals surface area contributed by atoms with Gasteiger partial charge in [-0.2, -0.15) is 0 Å². The Bertz CT molecular complexity index is 426. The van der Waals surface area contributed by atoms with E-state index in [0.29, 0.717) is 24.5 Å². The lowest BCUT2D eigenvalue weighted by molar-refractivity contribution is -0.152. The number of hydrogen-bond donors (Lipinski definition) is 2. The van der Waals surface area contributed by atoms with Crippen LogP contribution in [0.1, 0.15) is 19.8 Å². The van der Waals surface area contributed by atoms with Crippen molar-refractivity contribution in [3.05, 3.63) is 29.3 Å². The quantitative estimate of drug-likeness (QED) is 0.863. The summed E-state index contributed by atoms with van der Waals surface area (Å²) in [6, 6.07) is 7.03. The van der Waals surface area contributed by atoms with Crippen LogP contribution in [0.5, 0.6) is 0 Å². The van der Waals surface area contributed by atoms with Crippen LogP contribution in [0, 0.1) is 0 Å². The van der Waals surface area contributed by atoms with E-state index in [1.165, 1.54) is 0 Å². The van der Waals surface area contributed by atoms with Gasteiger partial charge in [-0.3, -0.25) is 0 Å². The van der Waals surface area contributed by atoms with Gasteiger partial charge in [0.1, 0.15) is 5.54 Å².